The number of carbonyl (C=O) groups is 1. The van der Waals surface area contributed by atoms with Crippen molar-refractivity contribution in [3.63, 3.8) is 0 Å². The Morgan fingerprint density at radius 2 is 1.86 bits per heavy atom. The van der Waals surface area contributed by atoms with Crippen molar-refractivity contribution >= 4 is 39.8 Å². The van der Waals surface area contributed by atoms with Crippen LogP contribution < -0.4 is 14.5 Å². The van der Waals surface area contributed by atoms with Crippen LogP contribution in [0, 0.1) is 0 Å². The molecule has 1 unspecified atom stereocenters. The first kappa shape index (κ1) is 30.6. The molecule has 1 N–H and O–H groups in total. The summed E-state index contributed by atoms with van der Waals surface area (Å²) in [7, 11) is 0. The maximum Gasteiger partial charge on any atom is 0.318 e. The lowest BCUT2D eigenvalue weighted by Crippen LogP contribution is -2.49. The number of carbonyl (C=O) groups excluding carboxylic acids is 1. The van der Waals surface area contributed by atoms with E-state index in [1.807, 2.05) is 30.9 Å². The number of anilines is 2. The maximum atomic E-state index is 12.2. The van der Waals surface area contributed by atoms with Crippen molar-refractivity contribution in [2.45, 2.75) is 57.7 Å². The molecule has 44 heavy (non-hydrogen) atoms. The molecule has 234 valence electrons. The quantitative estimate of drug-likeness (QED) is 0.346. The molecule has 2 aromatic carbocycles. The first-order chi connectivity index (χ1) is 21.2. The van der Waals surface area contributed by atoms with Gasteiger partial charge in [-0.05, 0) is 69.7 Å². The van der Waals surface area contributed by atoms with E-state index in [1.54, 1.807) is 0 Å². The Balaban J connectivity index is 1.27. The number of halogens is 1. The van der Waals surface area contributed by atoms with Gasteiger partial charge >= 0.3 is 6.01 Å². The summed E-state index contributed by atoms with van der Waals surface area (Å²) in [6.45, 7) is 13.8. The topological polar surface area (TPSA) is 85.3 Å². The molecule has 10 heteroatoms. The molecule has 0 aliphatic carbocycles. The normalized spacial score (nSPS) is 19.4. The number of amides is 1. The van der Waals surface area contributed by atoms with Crippen LogP contribution in [-0.2, 0) is 17.8 Å². The number of aromatic nitrogens is 2. The smallest absolute Gasteiger partial charge is 0.318 e. The summed E-state index contributed by atoms with van der Waals surface area (Å²) >= 11 is 6.71. The molecule has 1 aromatic heterocycles. The van der Waals surface area contributed by atoms with E-state index in [2.05, 4.69) is 45.5 Å². The van der Waals surface area contributed by atoms with E-state index in [4.69, 9.17) is 26.3 Å². The van der Waals surface area contributed by atoms with Crippen LogP contribution in [0.4, 0.5) is 11.5 Å². The summed E-state index contributed by atoms with van der Waals surface area (Å²) in [6.07, 6.45) is 5.07. The van der Waals surface area contributed by atoms with Gasteiger partial charge < -0.3 is 24.5 Å². The van der Waals surface area contributed by atoms with Crippen molar-refractivity contribution in [3.8, 4) is 6.01 Å². The zero-order chi connectivity index (χ0) is 30.8. The number of rotatable bonds is 9. The van der Waals surface area contributed by atoms with Gasteiger partial charge in [-0.2, -0.15) is 9.97 Å². The lowest BCUT2D eigenvalue weighted by atomic mass is 10.0. The monoisotopic (exact) mass is 618 g/mol. The Kier molecular flexibility index (Phi) is 8.98. The molecule has 2 saturated heterocycles. The summed E-state index contributed by atoms with van der Waals surface area (Å²) < 4.78 is 6.39. The molecule has 1 atom stereocenters. The van der Waals surface area contributed by atoms with Crippen molar-refractivity contribution in [1.29, 1.82) is 0 Å². The van der Waals surface area contributed by atoms with Crippen molar-refractivity contribution in [2.24, 2.45) is 0 Å². The first-order valence-electron chi connectivity index (χ1n) is 15.8. The fourth-order valence-corrected chi connectivity index (χ4v) is 6.97. The molecule has 9 nitrogen and oxygen atoms in total. The van der Waals surface area contributed by atoms with E-state index in [-0.39, 0.29) is 11.9 Å². The number of piperazine rings is 1. The van der Waals surface area contributed by atoms with Gasteiger partial charge in [0.1, 0.15) is 12.4 Å². The van der Waals surface area contributed by atoms with Gasteiger partial charge in [0.15, 0.2) is 0 Å². The summed E-state index contributed by atoms with van der Waals surface area (Å²) in [4.78, 5) is 31.1. The van der Waals surface area contributed by atoms with Crippen molar-refractivity contribution in [1.82, 2.24) is 19.8 Å². The molecule has 0 radical (unpaired) electrons. The fourth-order valence-electron chi connectivity index (χ4n) is 6.69. The van der Waals surface area contributed by atoms with Crippen molar-refractivity contribution in [2.75, 3.05) is 62.2 Å². The molecule has 2 fully saturated rings. The third-order valence-electron chi connectivity index (χ3n) is 9.18. The Bertz CT molecular complexity index is 1510. The highest BCUT2D eigenvalue weighted by Gasteiger charge is 2.31. The second-order valence-corrected chi connectivity index (χ2v) is 13.2. The summed E-state index contributed by atoms with van der Waals surface area (Å²) in [6, 6.07) is 13.0. The predicted octanol–water partition coefficient (Wildman–Crippen LogP) is 4.68. The number of hydrogen-bond acceptors (Lipinski definition) is 8. The summed E-state index contributed by atoms with van der Waals surface area (Å²) in [5, 5.41) is 13.2. The van der Waals surface area contributed by atoms with E-state index in [0.29, 0.717) is 45.3 Å². The third-order valence-corrected chi connectivity index (χ3v) is 9.49. The van der Waals surface area contributed by atoms with Gasteiger partial charge in [-0.15, -0.1) is 0 Å². The van der Waals surface area contributed by atoms with E-state index < -0.39 is 5.60 Å². The molecular weight excluding hydrogens is 576 g/mol. The van der Waals surface area contributed by atoms with E-state index >= 15 is 0 Å². The molecular formula is C34H43ClN6O3. The minimum absolute atomic E-state index is 0.0338. The number of aliphatic hydroxyl groups is 1. The highest BCUT2D eigenvalue weighted by atomic mass is 35.5. The largest absolute Gasteiger partial charge is 0.462 e. The lowest BCUT2D eigenvalue weighted by Gasteiger charge is -2.38. The van der Waals surface area contributed by atoms with Crippen molar-refractivity contribution < 1.29 is 14.6 Å². The van der Waals surface area contributed by atoms with Gasteiger partial charge in [0.05, 0.1) is 22.9 Å². The Morgan fingerprint density at radius 1 is 1.09 bits per heavy atom. The van der Waals surface area contributed by atoms with Crippen LogP contribution in [-0.4, -0.2) is 94.8 Å². The maximum absolute atomic E-state index is 12.2. The van der Waals surface area contributed by atoms with Gasteiger partial charge in [-0.25, -0.2) is 0 Å². The van der Waals surface area contributed by atoms with E-state index in [0.717, 1.165) is 83.9 Å². The second-order valence-electron chi connectivity index (χ2n) is 12.8. The Hall–Kier alpha value is -3.40. The summed E-state index contributed by atoms with van der Waals surface area (Å²) in [5.41, 5.74) is 2.53. The standard InChI is InChI=1S/C34H43ClN6O3/c1-4-30(42)39-18-20-40(21-19-39)32-26-13-16-41(29-12-6-9-24-8-5-11-27(35)31(24)29)22-28(26)36-33(37-32)44-23-25-10-7-15-38(25)17-14-34(2,3)43/h4-6,8-9,11-12,25,43H,1,7,10,13-23H2,2-3H3. The molecule has 6 rings (SSSR count). The minimum Gasteiger partial charge on any atom is -0.462 e. The van der Waals surface area contributed by atoms with Gasteiger partial charge in [0, 0.05) is 61.9 Å². The third kappa shape index (κ3) is 6.65. The molecule has 1 amide bonds. The zero-order valence-corrected chi connectivity index (χ0v) is 26.6. The summed E-state index contributed by atoms with van der Waals surface area (Å²) in [5.74, 6) is 0.880. The van der Waals surface area contributed by atoms with Gasteiger partial charge in [0.25, 0.3) is 0 Å². The number of hydrogen-bond donors (Lipinski definition) is 1. The SMILES string of the molecule is C=CC(=O)N1CCN(c2nc(OCC3CCCN3CCC(C)(C)O)nc3c2CCN(c2cccc4cccc(Cl)c24)C3)CC1. The van der Waals surface area contributed by atoms with Crippen LogP contribution in [0.3, 0.4) is 0 Å². The number of likely N-dealkylation sites (tertiary alicyclic amines) is 1. The number of nitrogens with zero attached hydrogens (tertiary/aromatic N) is 6. The van der Waals surface area contributed by atoms with Gasteiger partial charge in [0.2, 0.25) is 5.91 Å². The Labute approximate surface area is 265 Å². The van der Waals surface area contributed by atoms with Gasteiger partial charge in [-0.1, -0.05) is 42.4 Å². The van der Waals surface area contributed by atoms with Crippen molar-refractivity contribution in [3.05, 3.63) is 65.3 Å². The average molecular weight is 619 g/mol. The van der Waals surface area contributed by atoms with E-state index in [9.17, 15) is 9.90 Å². The Morgan fingerprint density at radius 3 is 2.61 bits per heavy atom. The molecule has 3 aromatic rings. The molecule has 4 heterocycles. The zero-order valence-electron chi connectivity index (χ0n) is 25.8. The van der Waals surface area contributed by atoms with Crippen LogP contribution in [0.25, 0.3) is 10.8 Å². The highest BCUT2D eigenvalue weighted by molar-refractivity contribution is 6.36. The minimum atomic E-state index is -0.689. The van der Waals surface area contributed by atoms with Gasteiger partial charge in [-0.3, -0.25) is 9.69 Å². The fraction of sp³-hybridized carbons (Fsp3) is 0.500. The number of fused-ring (bicyclic) bond motifs is 2. The predicted molar refractivity (Wildman–Crippen MR) is 176 cm³/mol. The van der Waals surface area contributed by atoms with Crippen LogP contribution >= 0.6 is 11.6 Å². The van der Waals surface area contributed by atoms with Crippen LogP contribution in [0.15, 0.2) is 49.1 Å². The second kappa shape index (κ2) is 12.9. The lowest BCUT2D eigenvalue weighted by molar-refractivity contribution is -0.126. The molecule has 0 bridgehead atoms. The first-order valence-corrected chi connectivity index (χ1v) is 16.2. The average Bonchev–Trinajstić information content (AvgIpc) is 3.49. The highest BCUT2D eigenvalue weighted by Crippen LogP contribution is 2.37. The molecule has 3 aliphatic rings. The molecule has 0 spiro atoms. The van der Waals surface area contributed by atoms with E-state index in [1.165, 1.54) is 6.08 Å². The van der Waals surface area contributed by atoms with Crippen LogP contribution in [0.5, 0.6) is 6.01 Å². The van der Waals surface area contributed by atoms with Crippen LogP contribution in [0.1, 0.15) is 44.4 Å². The van der Waals surface area contributed by atoms with Crippen LogP contribution in [0.2, 0.25) is 5.02 Å². The molecule has 3 aliphatic heterocycles. The molecule has 0 saturated carbocycles. The number of ether oxygens (including phenoxy) is 1. The number of benzene rings is 2.